The molecule has 0 aliphatic rings. The predicted octanol–water partition coefficient (Wildman–Crippen LogP) is 11.9. The average Bonchev–Trinajstić information content (AvgIpc) is 3.07. The van der Waals surface area contributed by atoms with Crippen LogP contribution in [0.15, 0.2) is 158 Å². The zero-order chi connectivity index (χ0) is 27.6. The van der Waals surface area contributed by atoms with Crippen LogP contribution in [0, 0.1) is 0 Å². The largest absolute Gasteiger partial charge is 0.0616 e. The lowest BCUT2D eigenvalue weighted by molar-refractivity contribution is 1.66. The highest BCUT2D eigenvalue weighted by molar-refractivity contribution is 6.33. The molecule has 0 nitrogen and oxygen atoms in total. The van der Waals surface area contributed by atoms with E-state index in [9.17, 15) is 0 Å². The fourth-order valence-corrected chi connectivity index (χ4v) is 7.13. The van der Waals surface area contributed by atoms with Gasteiger partial charge in [-0.15, -0.1) is 0 Å². The SMILES string of the molecule is c1ccc2cc(-c3ccc(-c4cc5c6ccccc6c6ccccc6c5c5ccccc45)c4ccccc34)ccc2c1. The van der Waals surface area contributed by atoms with Gasteiger partial charge in [0, 0.05) is 0 Å². The Morgan fingerprint density at radius 2 is 0.690 bits per heavy atom. The second kappa shape index (κ2) is 9.03. The van der Waals surface area contributed by atoms with Crippen LogP contribution in [-0.2, 0) is 0 Å². The van der Waals surface area contributed by atoms with Gasteiger partial charge in [-0.05, 0) is 99.0 Å². The quantitative estimate of drug-likeness (QED) is 0.195. The van der Waals surface area contributed by atoms with Crippen molar-refractivity contribution in [1.29, 1.82) is 0 Å². The molecule has 0 N–H and O–H groups in total. The van der Waals surface area contributed by atoms with Crippen molar-refractivity contribution in [1.82, 2.24) is 0 Å². The summed E-state index contributed by atoms with van der Waals surface area (Å²) in [5.74, 6) is 0. The van der Waals surface area contributed by atoms with Crippen molar-refractivity contribution in [3.63, 3.8) is 0 Å². The smallest absolute Gasteiger partial charge is 0.00199 e. The van der Waals surface area contributed by atoms with E-state index in [-0.39, 0.29) is 0 Å². The summed E-state index contributed by atoms with van der Waals surface area (Å²) < 4.78 is 0. The summed E-state index contributed by atoms with van der Waals surface area (Å²) >= 11 is 0. The minimum Gasteiger partial charge on any atom is -0.0616 e. The Labute approximate surface area is 244 Å². The van der Waals surface area contributed by atoms with Crippen LogP contribution in [0.3, 0.4) is 0 Å². The van der Waals surface area contributed by atoms with Crippen LogP contribution in [0.2, 0.25) is 0 Å². The third-order valence-corrected chi connectivity index (χ3v) is 9.02. The standard InChI is InChI=1S/C42H26/c1-2-12-28-25-29(22-21-27(28)11-1)30-23-24-37(32-14-4-3-13-31(30)32)40-26-41-35-17-6-5-15-33(35)34-16-7-9-19-38(34)42(41)39-20-10-8-18-36(39)40/h1-26H. The second-order valence-electron chi connectivity index (χ2n) is 11.3. The maximum Gasteiger partial charge on any atom is -0.00199 e. The maximum atomic E-state index is 2.45. The van der Waals surface area contributed by atoms with Crippen LogP contribution in [0.4, 0.5) is 0 Å². The molecule has 0 atom stereocenters. The zero-order valence-electron chi connectivity index (χ0n) is 23.0. The van der Waals surface area contributed by atoms with E-state index in [1.807, 2.05) is 0 Å². The molecule has 0 unspecified atom stereocenters. The van der Waals surface area contributed by atoms with Gasteiger partial charge in [0.2, 0.25) is 0 Å². The zero-order valence-corrected chi connectivity index (χ0v) is 23.0. The van der Waals surface area contributed by atoms with Gasteiger partial charge in [0.1, 0.15) is 0 Å². The summed E-state index contributed by atoms with van der Waals surface area (Å²) in [6.45, 7) is 0. The first-order valence-electron chi connectivity index (χ1n) is 14.6. The molecule has 0 saturated carbocycles. The van der Waals surface area contributed by atoms with E-state index in [0.717, 1.165) is 0 Å². The Morgan fingerprint density at radius 3 is 1.38 bits per heavy atom. The van der Waals surface area contributed by atoms with E-state index < -0.39 is 0 Å². The summed E-state index contributed by atoms with van der Waals surface area (Å²) in [5, 5.41) is 15.5. The monoisotopic (exact) mass is 530 g/mol. The first-order chi connectivity index (χ1) is 20.8. The van der Waals surface area contributed by atoms with E-state index in [4.69, 9.17) is 0 Å². The van der Waals surface area contributed by atoms with Crippen LogP contribution in [-0.4, -0.2) is 0 Å². The Kier molecular flexibility index (Phi) is 5.00. The summed E-state index contributed by atoms with van der Waals surface area (Å²) in [4.78, 5) is 0. The van der Waals surface area contributed by atoms with Gasteiger partial charge in [0.15, 0.2) is 0 Å². The third-order valence-electron chi connectivity index (χ3n) is 9.02. The molecule has 0 radical (unpaired) electrons. The highest BCUT2D eigenvalue weighted by Gasteiger charge is 2.17. The number of benzene rings is 9. The molecule has 0 saturated heterocycles. The normalized spacial score (nSPS) is 11.8. The van der Waals surface area contributed by atoms with Gasteiger partial charge in [-0.3, -0.25) is 0 Å². The minimum atomic E-state index is 1.25. The number of hydrogen-bond donors (Lipinski definition) is 0. The highest BCUT2D eigenvalue weighted by atomic mass is 14.2. The van der Waals surface area contributed by atoms with Gasteiger partial charge in [-0.1, -0.05) is 146 Å². The molecule has 9 aromatic rings. The number of hydrogen-bond acceptors (Lipinski definition) is 0. The van der Waals surface area contributed by atoms with Crippen LogP contribution in [0.25, 0.3) is 86.9 Å². The van der Waals surface area contributed by atoms with Gasteiger partial charge in [-0.25, -0.2) is 0 Å². The van der Waals surface area contributed by atoms with E-state index in [0.29, 0.717) is 0 Å². The summed E-state index contributed by atoms with van der Waals surface area (Å²) in [6, 6.07) is 58.1. The van der Waals surface area contributed by atoms with Crippen LogP contribution < -0.4 is 0 Å². The molecule has 9 rings (SSSR count). The summed E-state index contributed by atoms with van der Waals surface area (Å²) in [7, 11) is 0. The Morgan fingerprint density at radius 1 is 0.238 bits per heavy atom. The molecule has 194 valence electrons. The number of fused-ring (bicyclic) bond motifs is 10. The van der Waals surface area contributed by atoms with Crippen LogP contribution in [0.5, 0.6) is 0 Å². The fraction of sp³-hybridized carbons (Fsp3) is 0. The Bertz CT molecular complexity index is 2510. The average molecular weight is 531 g/mol. The van der Waals surface area contributed by atoms with E-state index in [1.165, 1.54) is 86.9 Å². The Hall–Kier alpha value is -5.46. The third kappa shape index (κ3) is 3.36. The van der Waals surface area contributed by atoms with Crippen molar-refractivity contribution in [3.05, 3.63) is 158 Å². The topological polar surface area (TPSA) is 0 Å². The highest BCUT2D eigenvalue weighted by Crippen LogP contribution is 2.45. The molecular formula is C42H26. The van der Waals surface area contributed by atoms with Crippen LogP contribution in [0.1, 0.15) is 0 Å². The molecule has 0 fully saturated rings. The van der Waals surface area contributed by atoms with Crippen LogP contribution >= 0.6 is 0 Å². The van der Waals surface area contributed by atoms with Gasteiger partial charge < -0.3 is 0 Å². The molecule has 0 spiro atoms. The number of rotatable bonds is 2. The molecule has 0 aliphatic carbocycles. The molecule has 0 aromatic heterocycles. The van der Waals surface area contributed by atoms with E-state index >= 15 is 0 Å². The van der Waals surface area contributed by atoms with Crippen molar-refractivity contribution < 1.29 is 0 Å². The summed E-state index contributed by atoms with van der Waals surface area (Å²) in [6.07, 6.45) is 0. The van der Waals surface area contributed by atoms with Crippen molar-refractivity contribution in [3.8, 4) is 22.3 Å². The molecule has 0 heterocycles. The lowest BCUT2D eigenvalue weighted by Gasteiger charge is -2.18. The van der Waals surface area contributed by atoms with Gasteiger partial charge in [0.05, 0.1) is 0 Å². The van der Waals surface area contributed by atoms with Gasteiger partial charge in [-0.2, -0.15) is 0 Å². The van der Waals surface area contributed by atoms with Crippen molar-refractivity contribution >= 4 is 64.6 Å². The molecule has 0 amide bonds. The first-order valence-corrected chi connectivity index (χ1v) is 14.6. The van der Waals surface area contributed by atoms with Crippen molar-refractivity contribution in [2.45, 2.75) is 0 Å². The first kappa shape index (κ1) is 23.3. The molecule has 42 heavy (non-hydrogen) atoms. The summed E-state index contributed by atoms with van der Waals surface area (Å²) in [5.41, 5.74) is 5.06. The molecule has 9 aromatic carbocycles. The van der Waals surface area contributed by atoms with E-state index in [2.05, 4.69) is 158 Å². The molecule has 0 heteroatoms. The lowest BCUT2D eigenvalue weighted by Crippen LogP contribution is -1.90. The van der Waals surface area contributed by atoms with Crippen molar-refractivity contribution in [2.24, 2.45) is 0 Å². The fourth-order valence-electron chi connectivity index (χ4n) is 7.13. The van der Waals surface area contributed by atoms with Gasteiger partial charge >= 0.3 is 0 Å². The minimum absolute atomic E-state index is 1.25. The molecular weight excluding hydrogens is 504 g/mol. The maximum absolute atomic E-state index is 2.45. The Balaban J connectivity index is 1.39. The predicted molar refractivity (Wildman–Crippen MR) is 182 cm³/mol. The van der Waals surface area contributed by atoms with Gasteiger partial charge in [0.25, 0.3) is 0 Å². The van der Waals surface area contributed by atoms with Crippen molar-refractivity contribution in [2.75, 3.05) is 0 Å². The molecule has 0 aliphatic heterocycles. The lowest BCUT2D eigenvalue weighted by atomic mass is 9.85. The van der Waals surface area contributed by atoms with E-state index in [1.54, 1.807) is 0 Å². The second-order valence-corrected chi connectivity index (χ2v) is 11.3. The molecule has 0 bridgehead atoms.